The van der Waals surface area contributed by atoms with Crippen molar-refractivity contribution in [2.24, 2.45) is 4.99 Å². The molecule has 150 valence electrons. The van der Waals surface area contributed by atoms with E-state index in [9.17, 15) is 4.79 Å². The Bertz CT molecular complexity index is 839. The van der Waals surface area contributed by atoms with Crippen LogP contribution in [0.3, 0.4) is 0 Å². The van der Waals surface area contributed by atoms with E-state index in [2.05, 4.69) is 34.1 Å². The molecule has 3 rings (SSSR count). The number of aromatic nitrogens is 1. The van der Waals surface area contributed by atoms with Crippen molar-refractivity contribution in [2.45, 2.75) is 46.0 Å². The van der Waals surface area contributed by atoms with Crippen molar-refractivity contribution in [3.63, 3.8) is 0 Å². The maximum atomic E-state index is 12.0. The number of nitrogens with one attached hydrogen (secondary N) is 3. The lowest BCUT2D eigenvalue weighted by molar-refractivity contribution is -0.116. The van der Waals surface area contributed by atoms with E-state index in [1.807, 2.05) is 39.0 Å². The van der Waals surface area contributed by atoms with E-state index in [0.29, 0.717) is 19.5 Å². The lowest BCUT2D eigenvalue weighted by atomic mass is 9.90. The molecule has 7 heteroatoms. The number of aryl methyl sites for hydroxylation is 2. The van der Waals surface area contributed by atoms with Crippen molar-refractivity contribution in [1.82, 2.24) is 15.8 Å². The summed E-state index contributed by atoms with van der Waals surface area (Å²) in [6, 6.07) is 7.97. The molecule has 2 heterocycles. The second-order valence-corrected chi connectivity index (χ2v) is 7.28. The van der Waals surface area contributed by atoms with Crippen LogP contribution in [0.25, 0.3) is 0 Å². The minimum absolute atomic E-state index is 0.0551. The zero-order valence-corrected chi connectivity index (χ0v) is 17.0. The van der Waals surface area contributed by atoms with Crippen LogP contribution in [-0.2, 0) is 4.79 Å². The Morgan fingerprint density at radius 3 is 2.86 bits per heavy atom. The summed E-state index contributed by atoms with van der Waals surface area (Å²) in [6.45, 7) is 10.1. The van der Waals surface area contributed by atoms with Crippen LogP contribution in [0, 0.1) is 13.8 Å². The molecule has 1 aromatic carbocycles. The molecule has 2 atom stereocenters. The number of amides is 1. The molecule has 1 amide bonds. The molecule has 0 saturated carbocycles. The van der Waals surface area contributed by atoms with Gasteiger partial charge in [0.15, 0.2) is 5.96 Å². The molecule has 0 saturated heterocycles. The van der Waals surface area contributed by atoms with Crippen LogP contribution >= 0.6 is 0 Å². The molecule has 28 heavy (non-hydrogen) atoms. The summed E-state index contributed by atoms with van der Waals surface area (Å²) in [7, 11) is 0. The molecule has 0 spiro atoms. The highest BCUT2D eigenvalue weighted by Crippen LogP contribution is 2.31. The van der Waals surface area contributed by atoms with Crippen LogP contribution in [0.15, 0.2) is 33.8 Å². The van der Waals surface area contributed by atoms with Crippen molar-refractivity contribution in [3.8, 4) is 0 Å². The van der Waals surface area contributed by atoms with Crippen molar-refractivity contribution in [2.75, 3.05) is 25.0 Å². The van der Waals surface area contributed by atoms with Gasteiger partial charge in [-0.05, 0) is 32.4 Å². The molecule has 0 bridgehead atoms. The van der Waals surface area contributed by atoms with Gasteiger partial charge in [0, 0.05) is 49.1 Å². The number of guanidine groups is 1. The second kappa shape index (κ2) is 8.91. The first-order chi connectivity index (χ1) is 13.5. The molecule has 0 fully saturated rings. The van der Waals surface area contributed by atoms with Crippen LogP contribution < -0.4 is 16.0 Å². The van der Waals surface area contributed by atoms with Gasteiger partial charge >= 0.3 is 0 Å². The third-order valence-electron chi connectivity index (χ3n) is 5.07. The van der Waals surface area contributed by atoms with E-state index in [1.165, 1.54) is 0 Å². The van der Waals surface area contributed by atoms with Gasteiger partial charge in [0.1, 0.15) is 5.76 Å². The summed E-state index contributed by atoms with van der Waals surface area (Å²) >= 11 is 0. The Labute approximate surface area is 166 Å². The Morgan fingerprint density at radius 1 is 1.36 bits per heavy atom. The van der Waals surface area contributed by atoms with Gasteiger partial charge in [0.2, 0.25) is 5.91 Å². The largest absolute Gasteiger partial charge is 0.361 e. The Hall–Kier alpha value is -2.83. The highest BCUT2D eigenvalue weighted by molar-refractivity contribution is 5.94. The highest BCUT2D eigenvalue weighted by atomic mass is 16.5. The molecule has 1 aromatic heterocycles. The molecule has 0 aliphatic carbocycles. The van der Waals surface area contributed by atoms with Gasteiger partial charge in [-0.15, -0.1) is 0 Å². The number of fused-ring (bicyclic) bond motifs is 1. The number of para-hydroxylation sites is 1. The number of hydrogen-bond acceptors (Lipinski definition) is 4. The standard InChI is InChI=1S/C21H29N5O2/c1-5-22-21(23-11-13(2)20-14(3)26-28-15(20)4)24-12-16-10-19(27)25-18-9-7-6-8-17(16)18/h6-9,13,16H,5,10-12H2,1-4H3,(H,25,27)(H2,22,23,24). The van der Waals surface area contributed by atoms with E-state index >= 15 is 0 Å². The van der Waals surface area contributed by atoms with Crippen LogP contribution in [0.2, 0.25) is 0 Å². The van der Waals surface area contributed by atoms with Crippen LogP contribution in [0.4, 0.5) is 5.69 Å². The number of rotatable bonds is 6. The fraction of sp³-hybridized carbons (Fsp3) is 0.476. The summed E-state index contributed by atoms with van der Waals surface area (Å²) in [6.07, 6.45) is 0.471. The van der Waals surface area contributed by atoms with Gasteiger partial charge in [0.25, 0.3) is 0 Å². The maximum absolute atomic E-state index is 12.0. The maximum Gasteiger partial charge on any atom is 0.225 e. The first-order valence-electron chi connectivity index (χ1n) is 9.83. The third kappa shape index (κ3) is 4.52. The number of carbonyl (C=O) groups is 1. The number of anilines is 1. The summed E-state index contributed by atoms with van der Waals surface area (Å²) in [5.41, 5.74) is 4.11. The van der Waals surface area contributed by atoms with Crippen molar-refractivity contribution < 1.29 is 9.32 Å². The molecule has 2 unspecified atom stereocenters. The molecule has 2 aromatic rings. The molecule has 0 radical (unpaired) electrons. The van der Waals surface area contributed by atoms with Crippen LogP contribution in [0.1, 0.15) is 54.7 Å². The summed E-state index contributed by atoms with van der Waals surface area (Å²) in [5.74, 6) is 1.99. The van der Waals surface area contributed by atoms with Crippen molar-refractivity contribution in [1.29, 1.82) is 0 Å². The predicted octanol–water partition coefficient (Wildman–Crippen LogP) is 3.08. The smallest absolute Gasteiger partial charge is 0.225 e. The lowest BCUT2D eigenvalue weighted by Gasteiger charge is -2.26. The molecular formula is C21H29N5O2. The number of aliphatic imine (C=N–C) groups is 1. The van der Waals surface area contributed by atoms with E-state index in [0.717, 1.165) is 40.8 Å². The minimum atomic E-state index is 0.0551. The van der Waals surface area contributed by atoms with Gasteiger partial charge < -0.3 is 20.5 Å². The second-order valence-electron chi connectivity index (χ2n) is 7.28. The van der Waals surface area contributed by atoms with Crippen LogP contribution in [-0.4, -0.2) is 36.7 Å². The number of hydrogen-bond donors (Lipinski definition) is 3. The summed E-state index contributed by atoms with van der Waals surface area (Å²) in [4.78, 5) is 16.8. The average molecular weight is 383 g/mol. The van der Waals surface area contributed by atoms with Crippen molar-refractivity contribution >= 4 is 17.6 Å². The lowest BCUT2D eigenvalue weighted by Crippen LogP contribution is -2.41. The van der Waals surface area contributed by atoms with Gasteiger partial charge in [-0.3, -0.25) is 9.79 Å². The molecule has 1 aliphatic rings. The van der Waals surface area contributed by atoms with E-state index in [4.69, 9.17) is 9.52 Å². The summed E-state index contributed by atoms with van der Waals surface area (Å²) < 4.78 is 5.27. The first kappa shape index (κ1) is 19.9. The van der Waals surface area contributed by atoms with E-state index < -0.39 is 0 Å². The van der Waals surface area contributed by atoms with Gasteiger partial charge in [-0.1, -0.05) is 30.3 Å². The SMILES string of the molecule is CCNC(=NCC(C)c1c(C)noc1C)NCC1CC(=O)Nc2ccccc21. The average Bonchev–Trinajstić information content (AvgIpc) is 3.01. The predicted molar refractivity (Wildman–Crippen MR) is 111 cm³/mol. The van der Waals surface area contributed by atoms with Crippen LogP contribution in [0.5, 0.6) is 0 Å². The Morgan fingerprint density at radius 2 is 2.14 bits per heavy atom. The summed E-state index contributed by atoms with van der Waals surface area (Å²) in [5, 5.41) is 13.7. The minimum Gasteiger partial charge on any atom is -0.361 e. The molecule has 1 aliphatic heterocycles. The zero-order chi connectivity index (χ0) is 20.1. The topological polar surface area (TPSA) is 91.6 Å². The molecule has 7 nitrogen and oxygen atoms in total. The quantitative estimate of drug-likeness (QED) is 0.527. The number of carbonyl (C=O) groups excluding carboxylic acids is 1. The van der Waals surface area contributed by atoms with Gasteiger partial charge in [-0.25, -0.2) is 0 Å². The van der Waals surface area contributed by atoms with Gasteiger partial charge in [-0.2, -0.15) is 0 Å². The third-order valence-corrected chi connectivity index (χ3v) is 5.07. The van der Waals surface area contributed by atoms with E-state index in [1.54, 1.807) is 0 Å². The van der Waals surface area contributed by atoms with E-state index in [-0.39, 0.29) is 17.7 Å². The highest BCUT2D eigenvalue weighted by Gasteiger charge is 2.24. The first-order valence-corrected chi connectivity index (χ1v) is 9.83. The zero-order valence-electron chi connectivity index (χ0n) is 17.0. The van der Waals surface area contributed by atoms with Gasteiger partial charge in [0.05, 0.1) is 5.69 Å². The Balaban J connectivity index is 1.66. The van der Waals surface area contributed by atoms with Crippen molar-refractivity contribution in [3.05, 3.63) is 46.8 Å². The fourth-order valence-electron chi connectivity index (χ4n) is 3.76. The normalized spacial score (nSPS) is 17.6. The molecular weight excluding hydrogens is 354 g/mol. The number of nitrogens with zero attached hydrogens (tertiary/aromatic N) is 2. The number of benzene rings is 1. The monoisotopic (exact) mass is 383 g/mol. The Kier molecular flexibility index (Phi) is 6.34. The molecule has 3 N–H and O–H groups in total. The fourth-order valence-corrected chi connectivity index (χ4v) is 3.76.